The monoisotopic (exact) mass is 540 g/mol. The predicted molar refractivity (Wildman–Crippen MR) is 147 cm³/mol. The van der Waals surface area contributed by atoms with E-state index in [4.69, 9.17) is 4.74 Å². The third kappa shape index (κ3) is 4.43. The van der Waals surface area contributed by atoms with Crippen molar-refractivity contribution in [2.24, 2.45) is 5.41 Å². The quantitative estimate of drug-likeness (QED) is 0.586. The molecule has 3 heterocycles. The highest BCUT2D eigenvalue weighted by Gasteiger charge is 2.48. The Morgan fingerprint density at radius 2 is 2.03 bits per heavy atom. The number of methoxy groups -OCH3 is 1. The van der Waals surface area contributed by atoms with Gasteiger partial charge < -0.3 is 9.64 Å². The van der Waals surface area contributed by atoms with Crippen LogP contribution in [0.25, 0.3) is 0 Å². The number of fused-ring (bicyclic) bond motifs is 1. The number of nitrogens with one attached hydrogen (secondary N) is 1. The summed E-state index contributed by atoms with van der Waals surface area (Å²) in [6.07, 6.45) is 12.5. The molecule has 0 aromatic heterocycles. The zero-order chi connectivity index (χ0) is 26.5. The van der Waals surface area contributed by atoms with Crippen LogP contribution < -0.4 is 10.4 Å². The largest absolute Gasteiger partial charge is 0.384 e. The number of rotatable bonds is 6. The highest BCUT2D eigenvalue weighted by atomic mass is 32.2. The predicted octanol–water partition coefficient (Wildman–Crippen LogP) is 4.10. The normalized spacial score (nSPS) is 29.9. The molecule has 1 unspecified atom stereocenters. The van der Waals surface area contributed by atoms with Gasteiger partial charge in [-0.1, -0.05) is 17.7 Å². The van der Waals surface area contributed by atoms with Crippen LogP contribution in [0.15, 0.2) is 71.1 Å². The van der Waals surface area contributed by atoms with Crippen LogP contribution in [0.2, 0.25) is 0 Å². The first-order valence-electron chi connectivity index (χ1n) is 13.7. The summed E-state index contributed by atoms with van der Waals surface area (Å²) < 4.78 is 48.6. The lowest BCUT2D eigenvalue weighted by Crippen LogP contribution is -2.52. The molecule has 2 fully saturated rings. The zero-order valence-electron chi connectivity index (χ0n) is 22.2. The van der Waals surface area contributed by atoms with Crippen LogP contribution in [0.4, 0.5) is 10.1 Å². The van der Waals surface area contributed by atoms with Crippen molar-refractivity contribution in [3.05, 3.63) is 76.9 Å². The van der Waals surface area contributed by atoms with Crippen molar-refractivity contribution in [3.63, 3.8) is 0 Å². The summed E-state index contributed by atoms with van der Waals surface area (Å²) in [4.78, 5) is 2.39. The topological polar surface area (TPSA) is 65.1 Å². The number of ether oxygens (including phenoxy) is 1. The van der Waals surface area contributed by atoms with Gasteiger partial charge in [0.25, 0.3) is 0 Å². The van der Waals surface area contributed by atoms with Crippen molar-refractivity contribution in [1.82, 2.24) is 14.6 Å². The fraction of sp³-hybridized carbons (Fsp3) is 0.517. The van der Waals surface area contributed by atoms with Crippen LogP contribution in [0.5, 0.6) is 0 Å². The van der Waals surface area contributed by atoms with E-state index >= 15 is 0 Å². The number of hydrogen-bond acceptors (Lipinski definition) is 6. The SMILES string of the molecule is COC[C@]12CC3=C(C=C1CCN(S(=O)(=O)C1C=CC(N4CCC[C@H]4C)=CC1)C2)N(c1ccc(F)cc1)NC3. The molecule has 3 aliphatic heterocycles. The maximum atomic E-state index is 13.9. The first-order valence-corrected chi connectivity index (χ1v) is 15.2. The van der Waals surface area contributed by atoms with Gasteiger partial charge in [0, 0.05) is 50.4 Å². The third-order valence-corrected chi connectivity index (χ3v) is 11.0. The maximum absolute atomic E-state index is 13.9. The molecule has 2 aliphatic carbocycles. The molecule has 1 aromatic rings. The first-order chi connectivity index (χ1) is 18.3. The van der Waals surface area contributed by atoms with Gasteiger partial charge in [-0.3, -0.25) is 5.01 Å². The second-order valence-electron chi connectivity index (χ2n) is 11.3. The van der Waals surface area contributed by atoms with Crippen LogP contribution in [-0.4, -0.2) is 68.8 Å². The van der Waals surface area contributed by atoms with E-state index < -0.39 is 15.3 Å². The molecule has 5 aliphatic rings. The molecule has 9 heteroatoms. The summed E-state index contributed by atoms with van der Waals surface area (Å²) in [5.74, 6) is -0.262. The fourth-order valence-electron chi connectivity index (χ4n) is 6.86. The maximum Gasteiger partial charge on any atom is 0.220 e. The van der Waals surface area contributed by atoms with E-state index in [1.807, 2.05) is 17.2 Å². The van der Waals surface area contributed by atoms with E-state index in [1.165, 1.54) is 36.1 Å². The third-order valence-electron chi connectivity index (χ3n) is 8.88. The van der Waals surface area contributed by atoms with Gasteiger partial charge in [0.1, 0.15) is 5.82 Å². The number of piperidine rings is 1. The van der Waals surface area contributed by atoms with Crippen LogP contribution >= 0.6 is 0 Å². The Bertz CT molecular complexity index is 1320. The molecule has 0 radical (unpaired) electrons. The molecule has 6 rings (SSSR count). The number of hydrazine groups is 1. The standard InChI is InChI=1S/C29H37FN4O3S/c1-21-4-3-14-33(21)25-9-11-27(12-10-25)38(35,36)32-15-13-23-16-28-22(17-29(23,19-32)20-37-2)18-31-34(28)26-7-5-24(30)6-8-26/h5-11,16,21,27,31H,3-4,12-15,17-20H2,1-2H3/t21-,27?,29-/m1/s1. The molecule has 0 bridgehead atoms. The number of sulfonamides is 1. The van der Waals surface area contributed by atoms with Gasteiger partial charge in [-0.15, -0.1) is 0 Å². The molecule has 2 saturated heterocycles. The molecule has 1 aromatic carbocycles. The Kier molecular flexibility index (Phi) is 6.74. The number of allylic oxidation sites excluding steroid dienone is 3. The average molecular weight is 541 g/mol. The summed E-state index contributed by atoms with van der Waals surface area (Å²) in [6, 6.07) is 6.98. The lowest BCUT2D eigenvalue weighted by molar-refractivity contribution is 0.0719. The summed E-state index contributed by atoms with van der Waals surface area (Å²) in [6.45, 7) is 5.31. The van der Waals surface area contributed by atoms with Crippen LogP contribution in [0, 0.1) is 11.2 Å². The van der Waals surface area contributed by atoms with E-state index in [1.54, 1.807) is 23.5 Å². The van der Waals surface area contributed by atoms with E-state index in [-0.39, 0.29) is 11.2 Å². The van der Waals surface area contributed by atoms with Crippen molar-refractivity contribution in [1.29, 1.82) is 0 Å². The summed E-state index contributed by atoms with van der Waals surface area (Å²) in [7, 11) is -1.82. The highest BCUT2D eigenvalue weighted by molar-refractivity contribution is 7.89. The Balaban J connectivity index is 1.21. The zero-order valence-corrected chi connectivity index (χ0v) is 23.0. The number of hydrogen-bond donors (Lipinski definition) is 1. The molecule has 38 heavy (non-hydrogen) atoms. The van der Waals surface area contributed by atoms with Crippen LogP contribution in [-0.2, 0) is 14.8 Å². The minimum atomic E-state index is -3.51. The van der Waals surface area contributed by atoms with Gasteiger partial charge in [0.05, 0.1) is 23.2 Å². The van der Waals surface area contributed by atoms with Crippen molar-refractivity contribution in [2.45, 2.75) is 50.3 Å². The molecule has 0 amide bonds. The molecule has 0 saturated carbocycles. The van der Waals surface area contributed by atoms with Crippen molar-refractivity contribution < 1.29 is 17.5 Å². The smallest absolute Gasteiger partial charge is 0.220 e. The van der Waals surface area contributed by atoms with Gasteiger partial charge in [-0.25, -0.2) is 22.5 Å². The average Bonchev–Trinajstić information content (AvgIpc) is 3.53. The second kappa shape index (κ2) is 9.93. The van der Waals surface area contributed by atoms with Gasteiger partial charge >= 0.3 is 0 Å². The number of likely N-dealkylation sites (tertiary alicyclic amines) is 1. The minimum absolute atomic E-state index is 0.262. The summed E-state index contributed by atoms with van der Waals surface area (Å²) in [5, 5.41) is 1.48. The molecule has 204 valence electrons. The minimum Gasteiger partial charge on any atom is -0.384 e. The van der Waals surface area contributed by atoms with E-state index in [2.05, 4.69) is 29.4 Å². The van der Waals surface area contributed by atoms with E-state index in [0.29, 0.717) is 45.1 Å². The van der Waals surface area contributed by atoms with E-state index in [9.17, 15) is 12.8 Å². The van der Waals surface area contributed by atoms with Gasteiger partial charge in [-0.05, 0) is 81.0 Å². The number of benzene rings is 1. The van der Waals surface area contributed by atoms with Gasteiger partial charge in [-0.2, -0.15) is 0 Å². The molecule has 7 nitrogen and oxygen atoms in total. The number of anilines is 1. The molecule has 1 N–H and O–H groups in total. The Hall–Kier alpha value is -2.46. The van der Waals surface area contributed by atoms with Crippen LogP contribution in [0.3, 0.4) is 0 Å². The Morgan fingerprint density at radius 1 is 1.21 bits per heavy atom. The number of halogens is 1. The molecule has 0 spiro atoms. The highest BCUT2D eigenvalue weighted by Crippen LogP contribution is 2.48. The molecular formula is C29H37FN4O3S. The Labute approximate surface area is 225 Å². The molecule has 3 atom stereocenters. The van der Waals surface area contributed by atoms with Crippen molar-refractivity contribution in [3.8, 4) is 0 Å². The van der Waals surface area contributed by atoms with Gasteiger partial charge in [0.2, 0.25) is 10.0 Å². The van der Waals surface area contributed by atoms with Crippen LogP contribution in [0.1, 0.15) is 39.0 Å². The van der Waals surface area contributed by atoms with Crippen molar-refractivity contribution in [2.75, 3.05) is 44.9 Å². The fourth-order valence-corrected chi connectivity index (χ4v) is 8.63. The summed E-state index contributed by atoms with van der Waals surface area (Å²) in [5.41, 5.74) is 8.61. The van der Waals surface area contributed by atoms with E-state index in [0.717, 1.165) is 30.0 Å². The Morgan fingerprint density at radius 3 is 2.71 bits per heavy atom. The summed E-state index contributed by atoms with van der Waals surface area (Å²) >= 11 is 0. The lowest BCUT2D eigenvalue weighted by Gasteiger charge is -2.46. The number of nitrogens with zero attached hydrogens (tertiary/aromatic N) is 3. The second-order valence-corrected chi connectivity index (χ2v) is 13.4. The van der Waals surface area contributed by atoms with Crippen molar-refractivity contribution >= 4 is 15.7 Å². The molecular weight excluding hydrogens is 503 g/mol. The first kappa shape index (κ1) is 25.8. The van der Waals surface area contributed by atoms with Gasteiger partial charge in [0.15, 0.2) is 0 Å². The lowest BCUT2D eigenvalue weighted by atomic mass is 9.69.